The standard InChI is InChI=1S/C10H10OS2/c1-6-3-4-8-7(5-6)9(11-2)10(12)13-8/h3-5,12H,1-2H3. The number of hydrogen-bond acceptors (Lipinski definition) is 3. The second-order valence-corrected chi connectivity index (χ2v) is 4.74. The van der Waals surface area contributed by atoms with Crippen LogP contribution in [0.25, 0.3) is 10.1 Å². The van der Waals surface area contributed by atoms with Crippen LogP contribution in [-0.4, -0.2) is 7.11 Å². The first-order chi connectivity index (χ1) is 6.22. The molecule has 0 aliphatic heterocycles. The third-order valence-electron chi connectivity index (χ3n) is 1.98. The Morgan fingerprint density at radius 3 is 2.85 bits per heavy atom. The van der Waals surface area contributed by atoms with Crippen molar-refractivity contribution in [3.63, 3.8) is 0 Å². The monoisotopic (exact) mass is 210 g/mol. The van der Waals surface area contributed by atoms with Gasteiger partial charge in [0.1, 0.15) is 4.21 Å². The lowest BCUT2D eigenvalue weighted by Gasteiger charge is -1.98. The summed E-state index contributed by atoms with van der Waals surface area (Å²) in [5.41, 5.74) is 1.25. The van der Waals surface area contributed by atoms with Crippen LogP contribution in [0.2, 0.25) is 0 Å². The van der Waals surface area contributed by atoms with E-state index in [1.54, 1.807) is 18.4 Å². The van der Waals surface area contributed by atoms with Gasteiger partial charge in [-0.2, -0.15) is 0 Å². The summed E-state index contributed by atoms with van der Waals surface area (Å²) in [5, 5.41) is 1.16. The number of rotatable bonds is 1. The maximum Gasteiger partial charge on any atom is 0.150 e. The van der Waals surface area contributed by atoms with Gasteiger partial charge >= 0.3 is 0 Å². The fourth-order valence-corrected chi connectivity index (χ4v) is 2.77. The maximum absolute atomic E-state index is 5.29. The van der Waals surface area contributed by atoms with E-state index in [0.29, 0.717) is 0 Å². The van der Waals surface area contributed by atoms with Gasteiger partial charge in [0.05, 0.1) is 7.11 Å². The van der Waals surface area contributed by atoms with Gasteiger partial charge in [-0.3, -0.25) is 0 Å². The van der Waals surface area contributed by atoms with Gasteiger partial charge in [-0.25, -0.2) is 0 Å². The molecule has 1 nitrogen and oxygen atoms in total. The number of ether oxygens (including phenoxy) is 1. The molecule has 0 aliphatic carbocycles. The van der Waals surface area contributed by atoms with Crippen LogP contribution in [0.5, 0.6) is 5.75 Å². The smallest absolute Gasteiger partial charge is 0.150 e. The van der Waals surface area contributed by atoms with Crippen molar-refractivity contribution < 1.29 is 4.74 Å². The highest BCUT2D eigenvalue weighted by Crippen LogP contribution is 2.40. The zero-order valence-electron chi connectivity index (χ0n) is 7.50. The van der Waals surface area contributed by atoms with Gasteiger partial charge in [-0.05, 0) is 19.1 Å². The Kier molecular flexibility index (Phi) is 2.22. The number of thiol groups is 1. The van der Waals surface area contributed by atoms with Crippen LogP contribution in [0.4, 0.5) is 0 Å². The predicted octanol–water partition coefficient (Wildman–Crippen LogP) is 3.51. The molecule has 2 aromatic rings. The predicted molar refractivity (Wildman–Crippen MR) is 60.4 cm³/mol. The molecule has 1 aromatic carbocycles. The normalized spacial score (nSPS) is 10.7. The number of aryl methyl sites for hydroxylation is 1. The van der Waals surface area contributed by atoms with E-state index in [9.17, 15) is 0 Å². The Bertz CT molecular complexity index is 445. The summed E-state index contributed by atoms with van der Waals surface area (Å²) < 4.78 is 7.46. The summed E-state index contributed by atoms with van der Waals surface area (Å²) in [4.78, 5) is 0. The fraction of sp³-hybridized carbons (Fsp3) is 0.200. The van der Waals surface area contributed by atoms with Crippen molar-refractivity contribution in [3.8, 4) is 5.75 Å². The van der Waals surface area contributed by atoms with Gasteiger partial charge in [0.25, 0.3) is 0 Å². The topological polar surface area (TPSA) is 9.23 Å². The third kappa shape index (κ3) is 1.42. The molecule has 0 atom stereocenters. The molecule has 0 unspecified atom stereocenters. The molecule has 2 rings (SSSR count). The second kappa shape index (κ2) is 3.24. The molecule has 0 N–H and O–H groups in total. The van der Waals surface area contributed by atoms with E-state index >= 15 is 0 Å². The number of thiophene rings is 1. The minimum Gasteiger partial charge on any atom is -0.494 e. The summed E-state index contributed by atoms with van der Waals surface area (Å²) >= 11 is 6.02. The van der Waals surface area contributed by atoms with Crippen molar-refractivity contribution in [1.82, 2.24) is 0 Å². The molecule has 1 aromatic heterocycles. The van der Waals surface area contributed by atoms with E-state index in [2.05, 4.69) is 37.8 Å². The summed E-state index contributed by atoms with van der Waals surface area (Å²) in [6, 6.07) is 6.34. The molecule has 0 aliphatic rings. The third-order valence-corrected chi connectivity index (χ3v) is 3.42. The first-order valence-electron chi connectivity index (χ1n) is 3.98. The van der Waals surface area contributed by atoms with Crippen LogP contribution >= 0.6 is 24.0 Å². The Morgan fingerprint density at radius 1 is 1.38 bits per heavy atom. The Hall–Kier alpha value is -0.670. The number of methoxy groups -OCH3 is 1. The van der Waals surface area contributed by atoms with Crippen molar-refractivity contribution in [2.45, 2.75) is 11.1 Å². The van der Waals surface area contributed by atoms with E-state index in [0.717, 1.165) is 15.3 Å². The quantitative estimate of drug-likeness (QED) is 0.709. The minimum absolute atomic E-state index is 0.895. The van der Waals surface area contributed by atoms with E-state index in [1.807, 2.05) is 0 Å². The number of benzene rings is 1. The van der Waals surface area contributed by atoms with E-state index in [-0.39, 0.29) is 0 Å². The maximum atomic E-state index is 5.29. The number of fused-ring (bicyclic) bond motifs is 1. The Labute approximate surface area is 86.8 Å². The van der Waals surface area contributed by atoms with Crippen LogP contribution in [0, 0.1) is 6.92 Å². The first kappa shape index (κ1) is 8.91. The van der Waals surface area contributed by atoms with Gasteiger partial charge < -0.3 is 4.74 Å². The minimum atomic E-state index is 0.895. The van der Waals surface area contributed by atoms with Gasteiger partial charge in [-0.1, -0.05) is 11.6 Å². The van der Waals surface area contributed by atoms with Crippen molar-refractivity contribution >= 4 is 34.1 Å². The van der Waals surface area contributed by atoms with E-state index in [4.69, 9.17) is 4.74 Å². The Balaban J connectivity index is 2.80. The molecule has 1 heterocycles. The van der Waals surface area contributed by atoms with Gasteiger partial charge in [-0.15, -0.1) is 24.0 Å². The first-order valence-corrected chi connectivity index (χ1v) is 5.25. The van der Waals surface area contributed by atoms with Crippen molar-refractivity contribution in [2.75, 3.05) is 7.11 Å². The molecule has 3 heteroatoms. The van der Waals surface area contributed by atoms with Crippen LogP contribution in [0.3, 0.4) is 0 Å². The Morgan fingerprint density at radius 2 is 2.15 bits per heavy atom. The lowest BCUT2D eigenvalue weighted by atomic mass is 10.2. The van der Waals surface area contributed by atoms with Crippen molar-refractivity contribution in [3.05, 3.63) is 23.8 Å². The highest BCUT2D eigenvalue weighted by atomic mass is 32.2. The molecule has 0 amide bonds. The molecule has 0 saturated carbocycles. The zero-order valence-corrected chi connectivity index (χ0v) is 9.21. The molecular weight excluding hydrogens is 200 g/mol. The van der Waals surface area contributed by atoms with Crippen molar-refractivity contribution in [2.24, 2.45) is 0 Å². The molecule has 13 heavy (non-hydrogen) atoms. The summed E-state index contributed by atoms with van der Waals surface area (Å²) in [6.45, 7) is 2.08. The van der Waals surface area contributed by atoms with Crippen LogP contribution in [-0.2, 0) is 0 Å². The van der Waals surface area contributed by atoms with Crippen LogP contribution in [0.1, 0.15) is 5.56 Å². The zero-order chi connectivity index (χ0) is 9.42. The molecule has 68 valence electrons. The average Bonchev–Trinajstić information content (AvgIpc) is 2.40. The highest BCUT2D eigenvalue weighted by Gasteiger charge is 2.09. The van der Waals surface area contributed by atoms with Gasteiger partial charge in [0.15, 0.2) is 5.75 Å². The summed E-state index contributed by atoms with van der Waals surface area (Å²) in [5.74, 6) is 0.895. The van der Waals surface area contributed by atoms with E-state index < -0.39 is 0 Å². The summed E-state index contributed by atoms with van der Waals surface area (Å²) in [6.07, 6.45) is 0. The average molecular weight is 210 g/mol. The lowest BCUT2D eigenvalue weighted by molar-refractivity contribution is 0.413. The van der Waals surface area contributed by atoms with Crippen molar-refractivity contribution in [1.29, 1.82) is 0 Å². The highest BCUT2D eigenvalue weighted by molar-refractivity contribution is 7.83. The number of hydrogen-bond donors (Lipinski definition) is 1. The largest absolute Gasteiger partial charge is 0.494 e. The molecule has 0 radical (unpaired) electrons. The molecule has 0 fully saturated rings. The lowest BCUT2D eigenvalue weighted by Crippen LogP contribution is -1.80. The second-order valence-electron chi connectivity index (χ2n) is 2.94. The SMILES string of the molecule is COc1c(S)sc2ccc(C)cc12. The summed E-state index contributed by atoms with van der Waals surface area (Å²) in [7, 11) is 1.68. The molecule has 0 saturated heterocycles. The molecule has 0 spiro atoms. The molecular formula is C10H10OS2. The fourth-order valence-electron chi connectivity index (χ4n) is 1.37. The molecule has 0 bridgehead atoms. The van der Waals surface area contributed by atoms with E-state index in [1.165, 1.54) is 10.3 Å². The van der Waals surface area contributed by atoms with Crippen LogP contribution in [0.15, 0.2) is 22.4 Å². The van der Waals surface area contributed by atoms with Gasteiger partial charge in [0.2, 0.25) is 0 Å². The van der Waals surface area contributed by atoms with Crippen LogP contribution < -0.4 is 4.74 Å². The van der Waals surface area contributed by atoms with Gasteiger partial charge in [0, 0.05) is 10.1 Å².